The van der Waals surface area contributed by atoms with Gasteiger partial charge in [-0.2, -0.15) is 0 Å². The summed E-state index contributed by atoms with van der Waals surface area (Å²) in [5.74, 6) is -0.836. The van der Waals surface area contributed by atoms with Crippen molar-refractivity contribution in [3.63, 3.8) is 0 Å². The minimum atomic E-state index is -0.836. The Bertz CT molecular complexity index is 283. The Hall–Kier alpha value is -5.30. The van der Waals surface area contributed by atoms with Gasteiger partial charge in [0, 0.05) is 0 Å². The van der Waals surface area contributed by atoms with E-state index in [1.807, 2.05) is 0 Å². The van der Waals surface area contributed by atoms with Gasteiger partial charge < -0.3 is 51.1 Å². The monoisotopic (exact) mass is 501 g/mol. The third-order valence-electron chi connectivity index (χ3n) is 0.379. The van der Waals surface area contributed by atoms with Crippen molar-refractivity contribution in [2.75, 3.05) is 0 Å². The minimum Gasteiger partial charge on any atom is -0.483 e. The lowest BCUT2D eigenvalue weighted by Gasteiger charge is -1.79. The molecule has 33 heavy (non-hydrogen) atoms. The van der Waals surface area contributed by atoms with E-state index in [1.165, 1.54) is 6.42 Å². The third kappa shape index (κ3) is 3080. The number of hydrogen-bond donors (Lipinski definition) is 10. The molecule has 0 saturated heterocycles. The lowest BCUT2D eigenvalue weighted by molar-refractivity contribution is -0.133. The van der Waals surface area contributed by atoms with Gasteiger partial charge in [-0.1, -0.05) is 6.92 Å². The molecule has 0 bridgehead atoms. The first-order valence-electron chi connectivity index (χ1n) is 6.28. The van der Waals surface area contributed by atoms with E-state index in [9.17, 15) is 4.79 Å². The van der Waals surface area contributed by atoms with Crippen LogP contribution in [0.15, 0.2) is 0 Å². The van der Waals surface area contributed by atoms with Crippen molar-refractivity contribution in [2.24, 2.45) is 0 Å². The van der Waals surface area contributed by atoms with Gasteiger partial charge >= 0.3 is 5.97 Å². The van der Waals surface area contributed by atoms with Crippen LogP contribution in [-0.4, -0.2) is 115 Å². The molecule has 10 N–H and O–H groups in total. The topological polar surface area (TPSA) is 373 Å². The number of aliphatic carboxylic acids is 1. The standard InChI is InChI=1S/C4H7O2.9CH2O2/c1-2-3-4(5)6;9*2-1-3/h3H,2H2,1H3,(H,5,6);9*1H,(H,2,3). The molecule has 0 heterocycles. The fourth-order valence-electron chi connectivity index (χ4n) is 0.175. The molecule has 0 fully saturated rings. The van der Waals surface area contributed by atoms with Gasteiger partial charge in [0.25, 0.3) is 58.2 Å². The summed E-state index contributed by atoms with van der Waals surface area (Å²) in [6.07, 6.45) is 1.81. The summed E-state index contributed by atoms with van der Waals surface area (Å²) in [5, 5.41) is 69.9. The summed E-state index contributed by atoms with van der Waals surface area (Å²) in [6, 6.07) is 0. The average Bonchev–Trinajstić information content (AvgIpc) is 2.67. The predicted molar refractivity (Wildman–Crippen MR) is 100 cm³/mol. The Morgan fingerprint density at radius 2 is 0.545 bits per heavy atom. The molecular formula is C13H25O20. The van der Waals surface area contributed by atoms with Gasteiger partial charge in [-0.15, -0.1) is 0 Å². The zero-order valence-electron chi connectivity index (χ0n) is 16.5. The second-order valence-corrected chi connectivity index (χ2v) is 1.90. The molecule has 0 aromatic rings. The first kappa shape index (κ1) is 63.0. The van der Waals surface area contributed by atoms with Crippen LogP contribution in [0.1, 0.15) is 13.3 Å². The first-order chi connectivity index (χ1) is 15.5. The zero-order valence-corrected chi connectivity index (χ0v) is 16.5. The van der Waals surface area contributed by atoms with Crippen LogP contribution in [0.5, 0.6) is 0 Å². The largest absolute Gasteiger partial charge is 0.483 e. The Kier molecular flexibility index (Phi) is 445. The quantitative estimate of drug-likeness (QED) is 0.182. The SMILES string of the molecule is CC[CH]C(=O)O.O=CO.O=CO.O=CO.O=CO.O=CO.O=CO.O=CO.O=CO.O=CO. The molecule has 0 aliphatic carbocycles. The van der Waals surface area contributed by atoms with Crippen molar-refractivity contribution in [3.05, 3.63) is 6.42 Å². The van der Waals surface area contributed by atoms with Crippen molar-refractivity contribution < 1.29 is 99.0 Å². The highest BCUT2D eigenvalue weighted by atomic mass is 16.4. The van der Waals surface area contributed by atoms with E-state index in [1.54, 1.807) is 6.92 Å². The Labute approximate surface area is 184 Å². The molecule has 0 unspecified atom stereocenters. The van der Waals surface area contributed by atoms with Crippen LogP contribution in [0.3, 0.4) is 0 Å². The Morgan fingerprint density at radius 3 is 0.545 bits per heavy atom. The van der Waals surface area contributed by atoms with E-state index in [4.69, 9.17) is 94.2 Å². The second kappa shape index (κ2) is 233. The van der Waals surface area contributed by atoms with Crippen molar-refractivity contribution >= 4 is 64.2 Å². The molecule has 197 valence electrons. The molecule has 20 heteroatoms. The molecular weight excluding hydrogens is 476 g/mol. The molecule has 0 aliphatic heterocycles. The maximum atomic E-state index is 9.54. The van der Waals surface area contributed by atoms with Crippen LogP contribution in [-0.2, 0) is 47.9 Å². The number of carboxylic acid groups (broad SMARTS) is 10. The normalized spacial score (nSPS) is 4.76. The maximum absolute atomic E-state index is 9.54. The number of rotatable bonds is 2. The van der Waals surface area contributed by atoms with E-state index in [0.717, 1.165) is 0 Å². The van der Waals surface area contributed by atoms with E-state index in [2.05, 4.69) is 0 Å². The molecule has 0 aliphatic rings. The van der Waals surface area contributed by atoms with Crippen LogP contribution in [0.2, 0.25) is 0 Å². The van der Waals surface area contributed by atoms with E-state index >= 15 is 0 Å². The van der Waals surface area contributed by atoms with Crippen LogP contribution in [0, 0.1) is 6.42 Å². The van der Waals surface area contributed by atoms with Gasteiger partial charge in [-0.05, 0) is 6.42 Å². The van der Waals surface area contributed by atoms with Crippen LogP contribution in [0.4, 0.5) is 0 Å². The maximum Gasteiger partial charge on any atom is 0.307 e. The highest BCUT2D eigenvalue weighted by molar-refractivity contribution is 5.76. The lowest BCUT2D eigenvalue weighted by Crippen LogP contribution is -1.91. The molecule has 0 rings (SSSR count). The highest BCUT2D eigenvalue weighted by Gasteiger charge is 1.88. The van der Waals surface area contributed by atoms with E-state index in [0.29, 0.717) is 6.42 Å². The van der Waals surface area contributed by atoms with Crippen molar-refractivity contribution in [2.45, 2.75) is 13.3 Å². The van der Waals surface area contributed by atoms with Gasteiger partial charge in [-0.25, -0.2) is 0 Å². The van der Waals surface area contributed by atoms with E-state index in [-0.39, 0.29) is 58.2 Å². The zero-order chi connectivity index (χ0) is 29.4. The predicted octanol–water partition coefficient (Wildman–Crippen LogP) is -2.01. The number of hydrogen-bond acceptors (Lipinski definition) is 10. The third-order valence-corrected chi connectivity index (χ3v) is 0.379. The Morgan fingerprint density at radius 1 is 0.455 bits per heavy atom. The fourth-order valence-corrected chi connectivity index (χ4v) is 0.175. The van der Waals surface area contributed by atoms with Gasteiger partial charge in [0.15, 0.2) is 0 Å². The summed E-state index contributed by atoms with van der Waals surface area (Å²) >= 11 is 0. The van der Waals surface area contributed by atoms with Crippen molar-refractivity contribution in [3.8, 4) is 0 Å². The lowest BCUT2D eigenvalue weighted by atomic mass is 10.4. The number of carbonyl (C=O) groups is 10. The summed E-state index contributed by atoms with van der Waals surface area (Å²) < 4.78 is 0. The summed E-state index contributed by atoms with van der Waals surface area (Å²) in [5.41, 5.74) is 0. The molecule has 20 nitrogen and oxygen atoms in total. The molecule has 0 saturated carbocycles. The fraction of sp³-hybridized carbons (Fsp3) is 0.154. The summed E-state index contributed by atoms with van der Waals surface area (Å²) in [7, 11) is 0. The average molecular weight is 501 g/mol. The van der Waals surface area contributed by atoms with Gasteiger partial charge in [0.1, 0.15) is 0 Å². The minimum absolute atomic E-state index is 0.250. The Balaban J connectivity index is -0.0000000226. The second-order valence-electron chi connectivity index (χ2n) is 1.90. The highest BCUT2D eigenvalue weighted by Crippen LogP contribution is 1.79. The van der Waals surface area contributed by atoms with Crippen LogP contribution in [0.25, 0.3) is 0 Å². The summed E-state index contributed by atoms with van der Waals surface area (Å²) in [6.45, 7) is -0.464. The van der Waals surface area contributed by atoms with Crippen molar-refractivity contribution in [1.29, 1.82) is 0 Å². The first-order valence-corrected chi connectivity index (χ1v) is 6.28. The molecule has 1 radical (unpaired) electrons. The van der Waals surface area contributed by atoms with Gasteiger partial charge in [-0.3, -0.25) is 47.9 Å². The van der Waals surface area contributed by atoms with Gasteiger partial charge in [0.05, 0.1) is 6.42 Å². The molecule has 0 spiro atoms. The molecule has 0 aromatic heterocycles. The smallest absolute Gasteiger partial charge is 0.307 e. The molecule has 0 amide bonds. The van der Waals surface area contributed by atoms with Crippen LogP contribution < -0.4 is 0 Å². The molecule has 0 atom stereocenters. The van der Waals surface area contributed by atoms with Crippen molar-refractivity contribution in [1.82, 2.24) is 0 Å². The van der Waals surface area contributed by atoms with Crippen LogP contribution >= 0.6 is 0 Å². The number of carboxylic acids is 1. The van der Waals surface area contributed by atoms with Gasteiger partial charge in [0.2, 0.25) is 0 Å². The summed E-state index contributed by atoms with van der Waals surface area (Å²) in [4.78, 5) is 84.8. The molecule has 0 aromatic carbocycles. The van der Waals surface area contributed by atoms with E-state index < -0.39 is 5.97 Å².